The maximum atomic E-state index is 6.22. The Hall–Kier alpha value is -7.94. The first-order chi connectivity index (χ1) is 32.0. The minimum atomic E-state index is -0.0855. The minimum Gasteiger partial charge on any atom is -0.456 e. The molecule has 2 nitrogen and oxygen atoms in total. The summed E-state index contributed by atoms with van der Waals surface area (Å²) in [7, 11) is 0. The second-order valence-corrected chi connectivity index (χ2v) is 18.4. The van der Waals surface area contributed by atoms with E-state index < -0.39 is 0 Å². The summed E-state index contributed by atoms with van der Waals surface area (Å²) in [6.45, 7) is 4.77. The van der Waals surface area contributed by atoms with Crippen LogP contribution >= 0.6 is 0 Å². The highest BCUT2D eigenvalue weighted by Crippen LogP contribution is 2.52. The van der Waals surface area contributed by atoms with Gasteiger partial charge in [0.1, 0.15) is 11.2 Å². The number of fused-ring (bicyclic) bond motifs is 10. The van der Waals surface area contributed by atoms with Crippen LogP contribution in [0.3, 0.4) is 0 Å². The van der Waals surface area contributed by atoms with E-state index in [4.69, 9.17) is 4.42 Å². The molecule has 0 fully saturated rings. The second-order valence-electron chi connectivity index (χ2n) is 18.4. The van der Waals surface area contributed by atoms with E-state index in [-0.39, 0.29) is 11.3 Å². The van der Waals surface area contributed by atoms with Gasteiger partial charge in [0.2, 0.25) is 0 Å². The molecule has 65 heavy (non-hydrogen) atoms. The Morgan fingerprint density at radius 3 is 1.95 bits per heavy atom. The van der Waals surface area contributed by atoms with E-state index >= 15 is 0 Å². The smallest absolute Gasteiger partial charge is 0.135 e. The van der Waals surface area contributed by atoms with E-state index in [1.54, 1.807) is 0 Å². The Labute approximate surface area is 379 Å². The minimum absolute atomic E-state index is 0.0855. The number of furan rings is 1. The standard InChI is InChI=1S/C63H45NO/c1-63(2)59-21-10-8-18-52(59)53-32-27-45(38-60(53)63)56-37-44-24-23-42(43-28-34-62-58(36-43)54-19-9-11-22-61(54)65-62)35-55(44)51-33-31-48(39-57(51)56)64(46-15-4-3-5-16-46)47-29-25-41(26-30-47)50-20-12-14-40-13-6-7-17-49(40)50/h3-36,38-39,56H,37H2,1-2H3. The van der Waals surface area contributed by atoms with E-state index in [9.17, 15) is 0 Å². The van der Waals surface area contributed by atoms with Gasteiger partial charge in [-0.25, -0.2) is 0 Å². The van der Waals surface area contributed by atoms with Crippen LogP contribution in [-0.4, -0.2) is 0 Å². The lowest BCUT2D eigenvalue weighted by atomic mass is 9.73. The van der Waals surface area contributed by atoms with Crippen molar-refractivity contribution in [2.75, 3.05) is 4.90 Å². The normalized spacial score (nSPS) is 14.5. The van der Waals surface area contributed by atoms with Crippen molar-refractivity contribution in [3.05, 3.63) is 246 Å². The first-order valence-corrected chi connectivity index (χ1v) is 22.8. The molecular weight excluding hydrogens is 787 g/mol. The summed E-state index contributed by atoms with van der Waals surface area (Å²) in [5.41, 5.74) is 22.2. The third-order valence-corrected chi connectivity index (χ3v) is 14.5. The average molecular weight is 832 g/mol. The summed E-state index contributed by atoms with van der Waals surface area (Å²) in [6, 6.07) is 80.7. The monoisotopic (exact) mass is 831 g/mol. The average Bonchev–Trinajstić information content (AvgIpc) is 3.85. The molecule has 0 bridgehead atoms. The zero-order valence-electron chi connectivity index (χ0n) is 36.4. The van der Waals surface area contributed by atoms with Crippen LogP contribution in [0, 0.1) is 0 Å². The Balaban J connectivity index is 0.963. The third-order valence-electron chi connectivity index (χ3n) is 14.5. The zero-order valence-corrected chi connectivity index (χ0v) is 36.4. The number of hydrogen-bond donors (Lipinski definition) is 0. The number of para-hydroxylation sites is 2. The van der Waals surface area contributed by atoms with Crippen molar-refractivity contribution in [2.24, 2.45) is 0 Å². The van der Waals surface area contributed by atoms with Gasteiger partial charge in [0.25, 0.3) is 0 Å². The van der Waals surface area contributed by atoms with Gasteiger partial charge in [0, 0.05) is 39.2 Å². The number of hydrogen-bond acceptors (Lipinski definition) is 2. The molecule has 2 aliphatic carbocycles. The molecule has 1 aromatic heterocycles. The van der Waals surface area contributed by atoms with Gasteiger partial charge >= 0.3 is 0 Å². The van der Waals surface area contributed by atoms with Gasteiger partial charge in [-0.05, 0) is 150 Å². The van der Waals surface area contributed by atoms with Crippen LogP contribution in [0.4, 0.5) is 17.1 Å². The largest absolute Gasteiger partial charge is 0.456 e. The molecule has 1 heterocycles. The number of benzene rings is 10. The molecule has 0 radical (unpaired) electrons. The predicted octanol–water partition coefficient (Wildman–Crippen LogP) is 17.2. The van der Waals surface area contributed by atoms with Crippen molar-refractivity contribution in [1.82, 2.24) is 0 Å². The Morgan fingerprint density at radius 2 is 1.06 bits per heavy atom. The highest BCUT2D eigenvalue weighted by Gasteiger charge is 2.37. The molecule has 0 amide bonds. The first kappa shape index (κ1) is 37.6. The molecule has 2 aliphatic rings. The summed E-state index contributed by atoms with van der Waals surface area (Å²) in [5.74, 6) is 0.160. The van der Waals surface area contributed by atoms with Crippen LogP contribution in [0.5, 0.6) is 0 Å². The summed E-state index contributed by atoms with van der Waals surface area (Å²) < 4.78 is 6.22. The highest BCUT2D eigenvalue weighted by atomic mass is 16.3. The fraction of sp³-hybridized carbons (Fsp3) is 0.0794. The molecule has 0 N–H and O–H groups in total. The molecule has 0 aliphatic heterocycles. The van der Waals surface area contributed by atoms with E-state index in [1.807, 2.05) is 6.07 Å². The zero-order chi connectivity index (χ0) is 43.2. The topological polar surface area (TPSA) is 16.4 Å². The molecule has 0 spiro atoms. The maximum Gasteiger partial charge on any atom is 0.135 e. The number of rotatable bonds is 6. The molecule has 13 rings (SSSR count). The molecule has 10 aromatic carbocycles. The molecular formula is C63H45NO. The lowest BCUT2D eigenvalue weighted by Gasteiger charge is -2.32. The second kappa shape index (κ2) is 14.6. The van der Waals surface area contributed by atoms with Crippen LogP contribution < -0.4 is 4.90 Å². The third kappa shape index (κ3) is 6.01. The van der Waals surface area contributed by atoms with Crippen LogP contribution in [0.25, 0.3) is 77.2 Å². The van der Waals surface area contributed by atoms with Crippen molar-refractivity contribution in [3.8, 4) is 44.5 Å². The van der Waals surface area contributed by atoms with Gasteiger partial charge in [0.15, 0.2) is 0 Å². The van der Waals surface area contributed by atoms with Crippen molar-refractivity contribution < 1.29 is 4.42 Å². The number of nitrogens with zero attached hydrogens (tertiary/aromatic N) is 1. The van der Waals surface area contributed by atoms with E-state index in [2.05, 4.69) is 231 Å². The van der Waals surface area contributed by atoms with Gasteiger partial charge in [0.05, 0.1) is 0 Å². The maximum absolute atomic E-state index is 6.22. The molecule has 1 unspecified atom stereocenters. The van der Waals surface area contributed by atoms with Crippen molar-refractivity contribution in [1.29, 1.82) is 0 Å². The van der Waals surface area contributed by atoms with Crippen LogP contribution in [0.2, 0.25) is 0 Å². The predicted molar refractivity (Wildman–Crippen MR) is 272 cm³/mol. The molecule has 0 saturated heterocycles. The van der Waals surface area contributed by atoms with E-state index in [1.165, 1.54) is 83.1 Å². The Bertz CT molecular complexity index is 3660. The lowest BCUT2D eigenvalue weighted by molar-refractivity contribution is 0.657. The van der Waals surface area contributed by atoms with Crippen LogP contribution in [0.15, 0.2) is 223 Å². The van der Waals surface area contributed by atoms with Gasteiger partial charge in [-0.2, -0.15) is 0 Å². The lowest BCUT2D eigenvalue weighted by Crippen LogP contribution is -2.18. The fourth-order valence-corrected chi connectivity index (χ4v) is 11.2. The van der Waals surface area contributed by atoms with Crippen LogP contribution in [0.1, 0.15) is 47.6 Å². The quantitative estimate of drug-likeness (QED) is 0.166. The fourth-order valence-electron chi connectivity index (χ4n) is 11.2. The number of anilines is 3. The van der Waals surface area contributed by atoms with Crippen LogP contribution in [-0.2, 0) is 11.8 Å². The SMILES string of the molecule is CC1(C)c2ccccc2-c2ccc(C3Cc4ccc(-c5ccc6oc7ccccc7c6c5)cc4-c4ccc(N(c5ccccc5)c5ccc(-c6cccc7ccccc67)cc5)cc43)cc21. The summed E-state index contributed by atoms with van der Waals surface area (Å²) in [5, 5.41) is 4.81. The molecule has 11 aromatic rings. The summed E-state index contributed by atoms with van der Waals surface area (Å²) in [4.78, 5) is 2.42. The molecule has 2 heteroatoms. The van der Waals surface area contributed by atoms with Gasteiger partial charge in [-0.1, -0.05) is 172 Å². The van der Waals surface area contributed by atoms with E-state index in [0.717, 1.165) is 45.4 Å². The highest BCUT2D eigenvalue weighted by molar-refractivity contribution is 6.06. The van der Waals surface area contributed by atoms with Crippen molar-refractivity contribution >= 4 is 49.8 Å². The summed E-state index contributed by atoms with van der Waals surface area (Å²) in [6.07, 6.45) is 0.911. The molecule has 1 atom stereocenters. The Morgan fingerprint density at radius 1 is 0.415 bits per heavy atom. The molecule has 0 saturated carbocycles. The summed E-state index contributed by atoms with van der Waals surface area (Å²) >= 11 is 0. The van der Waals surface area contributed by atoms with Gasteiger partial charge in [-0.3, -0.25) is 0 Å². The van der Waals surface area contributed by atoms with E-state index in [0.29, 0.717) is 0 Å². The molecule has 308 valence electrons. The van der Waals surface area contributed by atoms with Crippen molar-refractivity contribution in [2.45, 2.75) is 31.6 Å². The Kier molecular flexibility index (Phi) is 8.42. The van der Waals surface area contributed by atoms with Crippen molar-refractivity contribution in [3.63, 3.8) is 0 Å². The van der Waals surface area contributed by atoms with Gasteiger partial charge < -0.3 is 9.32 Å². The van der Waals surface area contributed by atoms with Gasteiger partial charge in [-0.15, -0.1) is 0 Å². The first-order valence-electron chi connectivity index (χ1n) is 22.8.